The first-order chi connectivity index (χ1) is 7.00. The molecule has 16 heavy (non-hydrogen) atoms. The fraction of sp³-hybridized carbons (Fsp3) is 0.909. The number of hydrogen-bond acceptors (Lipinski definition) is 3. The van der Waals surface area contributed by atoms with Crippen LogP contribution in [0.4, 0.5) is 0 Å². The van der Waals surface area contributed by atoms with Gasteiger partial charge in [-0.25, -0.2) is 0 Å². The number of rotatable bonds is 2. The van der Waals surface area contributed by atoms with E-state index in [0.29, 0.717) is 0 Å². The summed E-state index contributed by atoms with van der Waals surface area (Å²) in [7, 11) is -1.76. The van der Waals surface area contributed by atoms with Crippen LogP contribution in [0, 0.1) is 0 Å². The summed E-state index contributed by atoms with van der Waals surface area (Å²) in [5.41, 5.74) is 6.11. The fourth-order valence-corrected chi connectivity index (χ4v) is 5.51. The monoisotopic (exact) mass is 260 g/mol. The van der Waals surface area contributed by atoms with Crippen molar-refractivity contribution in [1.82, 2.24) is 4.57 Å². The van der Waals surface area contributed by atoms with Gasteiger partial charge in [0.1, 0.15) is 0 Å². The number of amides is 1. The van der Waals surface area contributed by atoms with E-state index in [1.807, 2.05) is 6.26 Å². The van der Waals surface area contributed by atoms with E-state index in [1.165, 1.54) is 11.8 Å². The largest absolute Gasteiger partial charge is 0.361 e. The number of β-lactam (4-membered cyclic amide) rings is 1. The van der Waals surface area contributed by atoms with Gasteiger partial charge in [-0.3, -0.25) is 4.79 Å². The van der Waals surface area contributed by atoms with Crippen molar-refractivity contribution in [3.63, 3.8) is 0 Å². The van der Waals surface area contributed by atoms with Crippen molar-refractivity contribution in [2.45, 2.75) is 56.7 Å². The third-order valence-corrected chi connectivity index (χ3v) is 11.0. The smallest absolute Gasteiger partial charge is 0.247 e. The molecule has 1 rings (SSSR count). The second-order valence-electron chi connectivity index (χ2n) is 6.16. The van der Waals surface area contributed by atoms with Crippen molar-refractivity contribution in [1.29, 1.82) is 0 Å². The molecule has 5 heteroatoms. The molecule has 0 spiro atoms. The molecule has 0 saturated carbocycles. The van der Waals surface area contributed by atoms with E-state index in [9.17, 15) is 4.79 Å². The van der Waals surface area contributed by atoms with Crippen LogP contribution in [0.15, 0.2) is 0 Å². The first kappa shape index (κ1) is 14.1. The van der Waals surface area contributed by atoms with Crippen LogP contribution in [-0.4, -0.2) is 35.9 Å². The summed E-state index contributed by atoms with van der Waals surface area (Å²) < 4.78 is 2.07. The number of nitrogens with two attached hydrogens (primary N) is 1. The van der Waals surface area contributed by atoms with Gasteiger partial charge in [0.15, 0.2) is 13.1 Å². The zero-order chi connectivity index (χ0) is 12.9. The molecule has 0 bridgehead atoms. The maximum Gasteiger partial charge on any atom is 0.247 e. The summed E-state index contributed by atoms with van der Waals surface area (Å²) in [6, 6.07) is 0.149. The van der Waals surface area contributed by atoms with Crippen LogP contribution in [0.2, 0.25) is 18.1 Å². The van der Waals surface area contributed by atoms with Crippen molar-refractivity contribution in [2.75, 3.05) is 6.26 Å². The van der Waals surface area contributed by atoms with Gasteiger partial charge in [0.25, 0.3) is 0 Å². The molecule has 0 aromatic rings. The molecule has 3 nitrogen and oxygen atoms in total. The van der Waals surface area contributed by atoms with Crippen LogP contribution in [0.1, 0.15) is 27.7 Å². The summed E-state index contributed by atoms with van der Waals surface area (Å²) in [5.74, 6) is 0.124. The van der Waals surface area contributed by atoms with Crippen LogP contribution >= 0.6 is 11.8 Å². The molecule has 1 aliphatic rings. The Kier molecular flexibility index (Phi) is 3.29. The first-order valence-corrected chi connectivity index (χ1v) is 9.85. The number of carbonyl (C=O) groups is 1. The Morgan fingerprint density at radius 1 is 1.44 bits per heavy atom. The van der Waals surface area contributed by atoms with Gasteiger partial charge in [0, 0.05) is 0 Å². The highest BCUT2D eigenvalue weighted by Crippen LogP contribution is 2.47. The van der Waals surface area contributed by atoms with Crippen LogP contribution in [0.3, 0.4) is 0 Å². The Hall–Kier alpha value is -0.00312. The molecule has 1 fully saturated rings. The van der Waals surface area contributed by atoms with Crippen molar-refractivity contribution in [2.24, 2.45) is 5.73 Å². The van der Waals surface area contributed by atoms with Crippen molar-refractivity contribution in [3.8, 4) is 0 Å². The molecule has 1 saturated heterocycles. The lowest BCUT2D eigenvalue weighted by Crippen LogP contribution is -2.82. The third-order valence-electron chi connectivity index (χ3n) is 4.34. The van der Waals surface area contributed by atoms with E-state index >= 15 is 0 Å². The van der Waals surface area contributed by atoms with Crippen LogP contribution in [0.5, 0.6) is 0 Å². The van der Waals surface area contributed by atoms with Gasteiger partial charge in [0.2, 0.25) is 5.91 Å². The highest BCUT2D eigenvalue weighted by molar-refractivity contribution is 8.00. The van der Waals surface area contributed by atoms with Crippen LogP contribution in [-0.2, 0) is 4.79 Å². The summed E-state index contributed by atoms with van der Waals surface area (Å²) in [6.45, 7) is 13.2. The summed E-state index contributed by atoms with van der Waals surface area (Å²) in [5, 5.41) is 0.177. The molecule has 1 aliphatic heterocycles. The zero-order valence-corrected chi connectivity index (χ0v) is 13.2. The molecule has 0 aliphatic carbocycles. The van der Waals surface area contributed by atoms with Crippen LogP contribution < -0.4 is 5.73 Å². The normalized spacial score (nSPS) is 31.6. The lowest BCUT2D eigenvalue weighted by atomic mass is 10.0. The highest BCUT2D eigenvalue weighted by atomic mass is 32.2. The van der Waals surface area contributed by atoms with Crippen LogP contribution in [0.25, 0.3) is 0 Å². The lowest BCUT2D eigenvalue weighted by molar-refractivity contribution is -0.143. The standard InChI is InChI=1S/C11H24N2OSSi/c1-8-11(12,15-5)9(14)13(8)16(6,7)10(2,3)4/h8H,12H2,1-7H3. The lowest BCUT2D eigenvalue weighted by Gasteiger charge is -2.61. The number of thioether (sulfide) groups is 1. The molecule has 94 valence electrons. The molecule has 1 amide bonds. The summed E-state index contributed by atoms with van der Waals surface area (Å²) >= 11 is 1.47. The zero-order valence-electron chi connectivity index (χ0n) is 11.4. The van der Waals surface area contributed by atoms with Crippen molar-refractivity contribution >= 4 is 25.9 Å². The Labute approximate surface area is 104 Å². The van der Waals surface area contributed by atoms with E-state index < -0.39 is 13.1 Å². The number of nitrogens with zero attached hydrogens (tertiary/aromatic N) is 1. The van der Waals surface area contributed by atoms with Gasteiger partial charge in [-0.05, 0) is 18.2 Å². The minimum absolute atomic E-state index is 0.124. The SMILES string of the molecule is CSC1(N)C(=O)N([Si](C)(C)C(C)(C)C)C1C. The summed E-state index contributed by atoms with van der Waals surface area (Å²) in [4.78, 5) is 11.5. The molecule has 0 aromatic carbocycles. The molecule has 1 heterocycles. The minimum Gasteiger partial charge on any atom is -0.361 e. The third kappa shape index (κ3) is 1.64. The van der Waals surface area contributed by atoms with E-state index in [4.69, 9.17) is 5.73 Å². The molecular formula is C11H24N2OSSi. The maximum atomic E-state index is 12.2. The summed E-state index contributed by atoms with van der Waals surface area (Å²) in [6.07, 6.45) is 1.91. The van der Waals surface area contributed by atoms with Crippen molar-refractivity contribution < 1.29 is 4.79 Å². The fourth-order valence-electron chi connectivity index (χ4n) is 2.03. The molecule has 0 radical (unpaired) electrons. The highest BCUT2D eigenvalue weighted by Gasteiger charge is 2.62. The predicted molar refractivity (Wildman–Crippen MR) is 73.9 cm³/mol. The second kappa shape index (κ2) is 3.75. The number of hydrogen-bond donors (Lipinski definition) is 1. The van der Waals surface area contributed by atoms with Gasteiger partial charge in [-0.2, -0.15) is 0 Å². The Balaban J connectivity index is 3.00. The van der Waals surface area contributed by atoms with E-state index in [2.05, 4.69) is 45.4 Å². The van der Waals surface area contributed by atoms with E-state index in [-0.39, 0.29) is 17.0 Å². The first-order valence-electron chi connectivity index (χ1n) is 5.68. The average molecular weight is 260 g/mol. The van der Waals surface area contributed by atoms with Gasteiger partial charge in [-0.15, -0.1) is 11.8 Å². The molecule has 2 unspecified atom stereocenters. The molecule has 2 N–H and O–H groups in total. The topological polar surface area (TPSA) is 46.3 Å². The molecule has 2 atom stereocenters. The van der Waals surface area contributed by atoms with Gasteiger partial charge >= 0.3 is 0 Å². The van der Waals surface area contributed by atoms with E-state index in [0.717, 1.165) is 0 Å². The minimum atomic E-state index is -1.76. The van der Waals surface area contributed by atoms with Crippen molar-refractivity contribution in [3.05, 3.63) is 0 Å². The van der Waals surface area contributed by atoms with Gasteiger partial charge in [-0.1, -0.05) is 33.9 Å². The molecular weight excluding hydrogens is 236 g/mol. The van der Waals surface area contributed by atoms with Gasteiger partial charge in [0.05, 0.1) is 6.04 Å². The quantitative estimate of drug-likeness (QED) is 0.470. The predicted octanol–water partition coefficient (Wildman–Crippen LogP) is 2.24. The maximum absolute atomic E-state index is 12.2. The Morgan fingerprint density at radius 3 is 2.12 bits per heavy atom. The van der Waals surface area contributed by atoms with E-state index in [1.54, 1.807) is 0 Å². The van der Waals surface area contributed by atoms with Gasteiger partial charge < -0.3 is 10.3 Å². The Bertz CT molecular complexity index is 314. The Morgan fingerprint density at radius 2 is 1.88 bits per heavy atom. The molecule has 0 aromatic heterocycles. The number of carbonyl (C=O) groups excluding carboxylic acids is 1. The second-order valence-corrected chi connectivity index (χ2v) is 12.3. The average Bonchev–Trinajstić information content (AvgIpc) is 2.14.